The Morgan fingerprint density at radius 1 is 1.05 bits per heavy atom. The molecular weight excluding hydrogens is 507 g/mol. The van der Waals surface area contributed by atoms with Crippen molar-refractivity contribution in [1.29, 1.82) is 0 Å². The van der Waals surface area contributed by atoms with E-state index in [1.54, 1.807) is 29.4 Å². The fraction of sp³-hybridized carbons (Fsp3) is 0.357. The number of anilines is 2. The molecule has 2 heterocycles. The minimum atomic E-state index is -3.62. The predicted molar refractivity (Wildman–Crippen MR) is 146 cm³/mol. The number of nitrogens with zero attached hydrogens (tertiary/aromatic N) is 4. The van der Waals surface area contributed by atoms with Crippen molar-refractivity contribution in [3.05, 3.63) is 78.4 Å². The van der Waals surface area contributed by atoms with Crippen LogP contribution in [0.4, 0.5) is 15.8 Å². The number of para-hydroxylation sites is 1. The number of piperidine rings is 1. The van der Waals surface area contributed by atoms with Gasteiger partial charge in [0.05, 0.1) is 22.5 Å². The van der Waals surface area contributed by atoms with E-state index in [0.29, 0.717) is 48.6 Å². The summed E-state index contributed by atoms with van der Waals surface area (Å²) in [6.45, 7) is 4.86. The third-order valence-corrected chi connectivity index (χ3v) is 8.36. The van der Waals surface area contributed by atoms with Gasteiger partial charge in [-0.25, -0.2) is 17.1 Å². The maximum atomic E-state index is 15.3. The molecule has 38 heavy (non-hydrogen) atoms. The highest BCUT2D eigenvalue weighted by atomic mass is 32.2. The maximum Gasteiger partial charge on any atom is 0.258 e. The Kier molecular flexibility index (Phi) is 8.32. The molecule has 3 aromatic rings. The number of pyridine rings is 1. The van der Waals surface area contributed by atoms with Crippen LogP contribution in [-0.2, 0) is 10.0 Å². The summed E-state index contributed by atoms with van der Waals surface area (Å²) >= 11 is 0. The van der Waals surface area contributed by atoms with Gasteiger partial charge in [0.15, 0.2) is 0 Å². The highest BCUT2D eigenvalue weighted by molar-refractivity contribution is 7.89. The number of carbonyl (C=O) groups is 1. The largest absolute Gasteiger partial charge is 0.489 e. The smallest absolute Gasteiger partial charge is 0.258 e. The van der Waals surface area contributed by atoms with Crippen LogP contribution in [0.2, 0.25) is 0 Å². The summed E-state index contributed by atoms with van der Waals surface area (Å²) in [5, 5.41) is 0. The zero-order chi connectivity index (χ0) is 27.4. The van der Waals surface area contributed by atoms with E-state index in [1.165, 1.54) is 44.4 Å². The molecule has 0 aliphatic carbocycles. The van der Waals surface area contributed by atoms with Gasteiger partial charge in [-0.2, -0.15) is 0 Å². The van der Waals surface area contributed by atoms with Crippen molar-refractivity contribution in [2.24, 2.45) is 0 Å². The van der Waals surface area contributed by atoms with Gasteiger partial charge >= 0.3 is 0 Å². The van der Waals surface area contributed by atoms with Crippen LogP contribution >= 0.6 is 0 Å². The summed E-state index contributed by atoms with van der Waals surface area (Å²) < 4.78 is 47.4. The van der Waals surface area contributed by atoms with Crippen LogP contribution in [-0.4, -0.2) is 62.9 Å². The van der Waals surface area contributed by atoms with Crippen LogP contribution in [0.1, 0.15) is 37.0 Å². The molecule has 0 unspecified atom stereocenters. The van der Waals surface area contributed by atoms with E-state index in [1.807, 2.05) is 30.9 Å². The molecule has 202 valence electrons. The van der Waals surface area contributed by atoms with E-state index in [4.69, 9.17) is 4.74 Å². The number of benzene rings is 2. The molecule has 1 aliphatic rings. The quantitative estimate of drug-likeness (QED) is 0.416. The van der Waals surface area contributed by atoms with Crippen LogP contribution in [0.15, 0.2) is 71.9 Å². The lowest BCUT2D eigenvalue weighted by Crippen LogP contribution is -2.42. The molecule has 0 bridgehead atoms. The number of carbonyl (C=O) groups excluding carboxylic acids is 1. The highest BCUT2D eigenvalue weighted by Gasteiger charge is 2.30. The second-order valence-electron chi connectivity index (χ2n) is 9.68. The first kappa shape index (κ1) is 27.5. The lowest BCUT2D eigenvalue weighted by Gasteiger charge is -2.37. The van der Waals surface area contributed by atoms with Crippen molar-refractivity contribution in [2.75, 3.05) is 37.0 Å². The van der Waals surface area contributed by atoms with Crippen molar-refractivity contribution in [3.63, 3.8) is 0 Å². The second kappa shape index (κ2) is 11.5. The minimum Gasteiger partial charge on any atom is -0.489 e. The van der Waals surface area contributed by atoms with E-state index < -0.39 is 15.8 Å². The van der Waals surface area contributed by atoms with E-state index in [2.05, 4.69) is 4.98 Å². The molecule has 1 saturated heterocycles. The van der Waals surface area contributed by atoms with E-state index >= 15 is 4.39 Å². The maximum absolute atomic E-state index is 15.3. The molecular formula is C28H33FN4O4S. The number of hydrogen-bond donors (Lipinski definition) is 0. The van der Waals surface area contributed by atoms with Gasteiger partial charge in [0.2, 0.25) is 10.0 Å². The lowest BCUT2D eigenvalue weighted by molar-refractivity contribution is 0.0980. The average Bonchev–Trinajstić information content (AvgIpc) is 2.90. The van der Waals surface area contributed by atoms with Gasteiger partial charge in [-0.3, -0.25) is 9.78 Å². The summed E-state index contributed by atoms with van der Waals surface area (Å²) in [7, 11) is -0.716. The van der Waals surface area contributed by atoms with Crippen LogP contribution in [0, 0.1) is 5.82 Å². The Morgan fingerprint density at radius 3 is 2.32 bits per heavy atom. The normalized spacial score (nSPS) is 14.7. The molecule has 4 rings (SSSR count). The van der Waals surface area contributed by atoms with Gasteiger partial charge in [0, 0.05) is 57.8 Å². The Balaban J connectivity index is 1.58. The van der Waals surface area contributed by atoms with Gasteiger partial charge in [-0.05, 0) is 62.4 Å². The summed E-state index contributed by atoms with van der Waals surface area (Å²) in [4.78, 5) is 21.4. The Hall–Kier alpha value is -3.50. The van der Waals surface area contributed by atoms with Crippen LogP contribution in [0.25, 0.3) is 0 Å². The van der Waals surface area contributed by atoms with Crippen LogP contribution < -0.4 is 14.5 Å². The molecule has 0 radical (unpaired) electrons. The number of sulfonamides is 1. The molecule has 10 heteroatoms. The molecule has 1 aromatic heterocycles. The van der Waals surface area contributed by atoms with Gasteiger partial charge in [0.1, 0.15) is 17.7 Å². The molecule has 0 N–H and O–H groups in total. The first-order chi connectivity index (χ1) is 18.1. The van der Waals surface area contributed by atoms with Gasteiger partial charge in [-0.15, -0.1) is 0 Å². The molecule has 1 aliphatic heterocycles. The monoisotopic (exact) mass is 540 g/mol. The first-order valence-electron chi connectivity index (χ1n) is 12.6. The fourth-order valence-electron chi connectivity index (χ4n) is 4.56. The number of halogens is 1. The fourth-order valence-corrected chi connectivity index (χ4v) is 5.46. The summed E-state index contributed by atoms with van der Waals surface area (Å²) in [5.41, 5.74) is 1.16. The summed E-state index contributed by atoms with van der Waals surface area (Å²) in [5.74, 6) is -0.0334. The van der Waals surface area contributed by atoms with Crippen LogP contribution in [0.5, 0.6) is 5.75 Å². The number of aromatic nitrogens is 1. The minimum absolute atomic E-state index is 0.00883. The summed E-state index contributed by atoms with van der Waals surface area (Å²) in [6, 6.07) is 14.0. The third-order valence-electron chi connectivity index (χ3n) is 6.54. The Labute approximate surface area is 223 Å². The number of hydrogen-bond acceptors (Lipinski definition) is 6. The lowest BCUT2D eigenvalue weighted by atomic mass is 10.0. The zero-order valence-corrected chi connectivity index (χ0v) is 22.9. The van der Waals surface area contributed by atoms with Gasteiger partial charge in [-0.1, -0.05) is 6.07 Å². The van der Waals surface area contributed by atoms with Gasteiger partial charge in [0.25, 0.3) is 5.91 Å². The van der Waals surface area contributed by atoms with Gasteiger partial charge < -0.3 is 14.5 Å². The second-order valence-corrected chi connectivity index (χ2v) is 11.8. The van der Waals surface area contributed by atoms with E-state index in [0.717, 1.165) is 4.31 Å². The molecule has 8 nitrogen and oxygen atoms in total. The predicted octanol–water partition coefficient (Wildman–Crippen LogP) is 4.57. The average molecular weight is 541 g/mol. The highest BCUT2D eigenvalue weighted by Crippen LogP contribution is 2.36. The SMILES string of the molecule is CC(C)N(C(=O)c1ccc(S(=O)(=O)N(C)C)cc1)c1cccc(F)c1N1CCC(Oc2cccnc2)CC1. The molecule has 0 saturated carbocycles. The number of amides is 1. The standard InChI is InChI=1S/C28H33FN4O4S/c1-20(2)33(28(34)21-10-12-24(13-11-21)38(35,36)31(3)4)26-9-5-8-25(29)27(26)32-17-14-22(15-18-32)37-23-7-6-16-30-19-23/h5-13,16,19-20,22H,14-15,17-18H2,1-4H3. The van der Waals surface area contributed by atoms with Crippen molar-refractivity contribution in [1.82, 2.24) is 9.29 Å². The van der Waals surface area contributed by atoms with E-state index in [-0.39, 0.29) is 22.9 Å². The van der Waals surface area contributed by atoms with Crippen molar-refractivity contribution < 1.29 is 22.3 Å². The zero-order valence-electron chi connectivity index (χ0n) is 22.0. The molecule has 1 fully saturated rings. The Bertz CT molecular complexity index is 1360. The number of ether oxygens (including phenoxy) is 1. The van der Waals surface area contributed by atoms with Crippen molar-refractivity contribution >= 4 is 27.3 Å². The molecule has 0 spiro atoms. The molecule has 0 atom stereocenters. The first-order valence-corrected chi connectivity index (χ1v) is 14.0. The third kappa shape index (κ3) is 5.81. The van der Waals surface area contributed by atoms with Crippen molar-refractivity contribution in [3.8, 4) is 5.75 Å². The Morgan fingerprint density at radius 2 is 1.74 bits per heavy atom. The molecule has 2 aromatic carbocycles. The van der Waals surface area contributed by atoms with Crippen molar-refractivity contribution in [2.45, 2.75) is 43.7 Å². The van der Waals surface area contributed by atoms with Crippen LogP contribution in [0.3, 0.4) is 0 Å². The summed E-state index contributed by atoms with van der Waals surface area (Å²) in [6.07, 6.45) is 4.75. The number of rotatable bonds is 8. The molecule has 1 amide bonds. The topological polar surface area (TPSA) is 83.1 Å². The van der Waals surface area contributed by atoms with E-state index in [9.17, 15) is 13.2 Å².